The van der Waals surface area contributed by atoms with Crippen LogP contribution in [0.1, 0.15) is 28.8 Å². The number of rotatable bonds is 5. The zero-order chi connectivity index (χ0) is 19.8. The lowest BCUT2D eigenvalue weighted by atomic mass is 10.1. The molecule has 3 aromatic heterocycles. The van der Waals surface area contributed by atoms with Gasteiger partial charge in [0.1, 0.15) is 10.9 Å². The summed E-state index contributed by atoms with van der Waals surface area (Å²) in [7, 11) is 0. The van der Waals surface area contributed by atoms with Gasteiger partial charge in [-0.2, -0.15) is 0 Å². The van der Waals surface area contributed by atoms with Crippen LogP contribution in [0.25, 0.3) is 15.7 Å². The number of thiophene rings is 1. The minimum Gasteiger partial charge on any atom is -0.325 e. The highest BCUT2D eigenvalue weighted by molar-refractivity contribution is 8.00. The number of anilines is 1. The van der Waals surface area contributed by atoms with Gasteiger partial charge in [-0.3, -0.25) is 9.20 Å². The predicted octanol–water partition coefficient (Wildman–Crippen LogP) is 5.16. The topological polar surface area (TPSA) is 59.3 Å². The van der Waals surface area contributed by atoms with Crippen molar-refractivity contribution in [1.82, 2.24) is 14.6 Å². The molecular weight excluding hydrogens is 388 g/mol. The quantitative estimate of drug-likeness (QED) is 0.462. The van der Waals surface area contributed by atoms with Crippen molar-refractivity contribution in [2.75, 3.05) is 11.1 Å². The van der Waals surface area contributed by atoms with Crippen molar-refractivity contribution < 1.29 is 4.79 Å². The van der Waals surface area contributed by atoms with Crippen LogP contribution >= 0.6 is 23.1 Å². The second kappa shape index (κ2) is 7.56. The van der Waals surface area contributed by atoms with Gasteiger partial charge in [0.15, 0.2) is 0 Å². The first-order chi connectivity index (χ1) is 13.5. The fourth-order valence-electron chi connectivity index (χ4n) is 3.23. The van der Waals surface area contributed by atoms with Crippen molar-refractivity contribution in [3.05, 3.63) is 52.2 Å². The van der Waals surface area contributed by atoms with Crippen molar-refractivity contribution >= 4 is 50.4 Å². The van der Waals surface area contributed by atoms with Crippen molar-refractivity contribution in [2.45, 2.75) is 39.1 Å². The van der Waals surface area contributed by atoms with E-state index in [4.69, 9.17) is 0 Å². The van der Waals surface area contributed by atoms with Gasteiger partial charge in [-0.1, -0.05) is 24.8 Å². The van der Waals surface area contributed by atoms with Crippen molar-refractivity contribution in [1.29, 1.82) is 0 Å². The molecule has 1 aromatic carbocycles. The summed E-state index contributed by atoms with van der Waals surface area (Å²) in [5.41, 5.74) is 5.40. The van der Waals surface area contributed by atoms with E-state index in [1.807, 2.05) is 25.1 Å². The number of nitrogens with one attached hydrogen (secondary N) is 1. The highest BCUT2D eigenvalue weighted by Crippen LogP contribution is 2.33. The Morgan fingerprint density at radius 1 is 1.11 bits per heavy atom. The summed E-state index contributed by atoms with van der Waals surface area (Å²) >= 11 is 3.19. The molecule has 0 saturated heterocycles. The van der Waals surface area contributed by atoms with E-state index in [1.54, 1.807) is 11.3 Å². The van der Waals surface area contributed by atoms with Crippen molar-refractivity contribution in [3.8, 4) is 0 Å². The normalized spacial score (nSPS) is 11.4. The molecule has 0 unspecified atom stereocenters. The van der Waals surface area contributed by atoms with Gasteiger partial charge in [-0.15, -0.1) is 21.5 Å². The highest BCUT2D eigenvalue weighted by Gasteiger charge is 2.16. The SMILES string of the molecule is CCc1nnc(SCC(=O)Nc2ccc(C)c(C)c2)c2cc3sc(C)cc3n12. The molecule has 1 N–H and O–H groups in total. The number of aryl methyl sites for hydroxylation is 4. The zero-order valence-corrected chi connectivity index (χ0v) is 18.0. The van der Waals surface area contributed by atoms with Crippen LogP contribution in [0.5, 0.6) is 0 Å². The van der Waals surface area contributed by atoms with Crippen LogP contribution in [0.3, 0.4) is 0 Å². The van der Waals surface area contributed by atoms with Gasteiger partial charge >= 0.3 is 0 Å². The van der Waals surface area contributed by atoms with E-state index in [9.17, 15) is 4.79 Å². The number of carbonyl (C=O) groups is 1. The Kier molecular flexibility index (Phi) is 5.12. The predicted molar refractivity (Wildman–Crippen MR) is 118 cm³/mol. The Morgan fingerprint density at radius 2 is 1.93 bits per heavy atom. The molecule has 28 heavy (non-hydrogen) atoms. The largest absolute Gasteiger partial charge is 0.325 e. The molecule has 0 bridgehead atoms. The van der Waals surface area contributed by atoms with Gasteiger partial charge in [0.25, 0.3) is 0 Å². The first-order valence-electron chi connectivity index (χ1n) is 9.23. The van der Waals surface area contributed by atoms with Crippen LogP contribution in [0.2, 0.25) is 0 Å². The molecular formula is C21H22N4OS2. The molecule has 0 saturated carbocycles. The number of hydrogen-bond donors (Lipinski definition) is 1. The van der Waals surface area contributed by atoms with Crippen molar-refractivity contribution in [3.63, 3.8) is 0 Å². The molecule has 144 valence electrons. The lowest BCUT2D eigenvalue weighted by Gasteiger charge is -2.09. The lowest BCUT2D eigenvalue weighted by Crippen LogP contribution is -2.14. The number of amides is 1. The Balaban J connectivity index is 1.57. The number of nitrogens with zero attached hydrogens (tertiary/aromatic N) is 3. The summed E-state index contributed by atoms with van der Waals surface area (Å²) in [5, 5.41) is 12.6. The Morgan fingerprint density at radius 3 is 2.68 bits per heavy atom. The van der Waals surface area contributed by atoms with Crippen LogP contribution < -0.4 is 5.32 Å². The van der Waals surface area contributed by atoms with Gasteiger partial charge in [-0.05, 0) is 56.2 Å². The monoisotopic (exact) mass is 410 g/mol. The number of aromatic nitrogens is 3. The third-order valence-electron chi connectivity index (χ3n) is 4.79. The molecule has 0 aliphatic carbocycles. The smallest absolute Gasteiger partial charge is 0.234 e. The Labute approximate surface area is 172 Å². The number of carbonyl (C=O) groups excluding carboxylic acids is 1. The van der Waals surface area contributed by atoms with Gasteiger partial charge in [0.2, 0.25) is 5.91 Å². The molecule has 0 fully saturated rings. The molecule has 3 heterocycles. The first-order valence-corrected chi connectivity index (χ1v) is 11.0. The molecule has 1 amide bonds. The maximum Gasteiger partial charge on any atom is 0.234 e. The summed E-state index contributed by atoms with van der Waals surface area (Å²) in [5.74, 6) is 1.18. The molecule has 0 radical (unpaired) electrons. The number of benzene rings is 1. The third kappa shape index (κ3) is 3.52. The standard InChI is InChI=1S/C21H22N4OS2/c1-5-19-23-24-21(17-10-18-16(25(17)19)9-14(4)28-18)27-11-20(26)22-15-7-6-12(2)13(3)8-15/h6-10H,5,11H2,1-4H3,(H,22,26). The minimum atomic E-state index is -0.0445. The van der Waals surface area contributed by atoms with E-state index >= 15 is 0 Å². The fraction of sp³-hybridized carbons (Fsp3) is 0.286. The van der Waals surface area contributed by atoms with Gasteiger partial charge < -0.3 is 5.32 Å². The maximum atomic E-state index is 12.4. The second-order valence-electron chi connectivity index (χ2n) is 6.88. The average molecular weight is 411 g/mol. The van der Waals surface area contributed by atoms with Crippen LogP contribution in [-0.2, 0) is 11.2 Å². The van der Waals surface area contributed by atoms with Crippen LogP contribution in [0, 0.1) is 20.8 Å². The van der Waals surface area contributed by atoms with E-state index in [0.717, 1.165) is 34.0 Å². The second-order valence-corrected chi connectivity index (χ2v) is 9.13. The molecule has 7 heteroatoms. The molecule has 0 spiro atoms. The number of fused-ring (bicyclic) bond motifs is 3. The van der Waals surface area contributed by atoms with E-state index in [0.29, 0.717) is 5.75 Å². The lowest BCUT2D eigenvalue weighted by molar-refractivity contribution is -0.113. The molecule has 0 aliphatic heterocycles. The van der Waals surface area contributed by atoms with Crippen LogP contribution in [0.4, 0.5) is 5.69 Å². The maximum absolute atomic E-state index is 12.4. The summed E-state index contributed by atoms with van der Waals surface area (Å²) in [6.45, 7) is 8.30. The first kappa shape index (κ1) is 19.0. The third-order valence-corrected chi connectivity index (χ3v) is 6.75. The van der Waals surface area contributed by atoms with E-state index in [1.165, 1.54) is 32.4 Å². The Hall–Kier alpha value is -2.38. The van der Waals surface area contributed by atoms with Crippen molar-refractivity contribution in [2.24, 2.45) is 0 Å². The summed E-state index contributed by atoms with van der Waals surface area (Å²) in [6, 6.07) is 10.3. The van der Waals surface area contributed by atoms with E-state index < -0.39 is 0 Å². The molecule has 4 aromatic rings. The molecule has 0 aliphatic rings. The summed E-state index contributed by atoms with van der Waals surface area (Å²) in [6.07, 6.45) is 0.806. The van der Waals surface area contributed by atoms with Crippen LogP contribution in [-0.4, -0.2) is 26.3 Å². The number of thioether (sulfide) groups is 1. The number of hydrogen-bond acceptors (Lipinski definition) is 5. The molecule has 0 atom stereocenters. The summed E-state index contributed by atoms with van der Waals surface area (Å²) in [4.78, 5) is 13.7. The van der Waals surface area contributed by atoms with E-state index in [-0.39, 0.29) is 5.91 Å². The minimum absolute atomic E-state index is 0.0445. The molecule has 4 rings (SSSR count). The van der Waals surface area contributed by atoms with Gasteiger partial charge in [0, 0.05) is 17.0 Å². The summed E-state index contributed by atoms with van der Waals surface area (Å²) < 4.78 is 3.40. The highest BCUT2D eigenvalue weighted by atomic mass is 32.2. The van der Waals surface area contributed by atoms with Gasteiger partial charge in [-0.25, -0.2) is 0 Å². The zero-order valence-electron chi connectivity index (χ0n) is 16.4. The van der Waals surface area contributed by atoms with E-state index in [2.05, 4.69) is 52.8 Å². The Bertz CT molecular complexity index is 1190. The average Bonchev–Trinajstić information content (AvgIpc) is 3.19. The van der Waals surface area contributed by atoms with Gasteiger partial charge in [0.05, 0.1) is 21.5 Å². The van der Waals surface area contributed by atoms with Crippen LogP contribution in [0.15, 0.2) is 35.4 Å². The fourth-order valence-corrected chi connectivity index (χ4v) is 4.91. The molecule has 5 nitrogen and oxygen atoms in total.